The number of rotatable bonds is 4. The van der Waals surface area contributed by atoms with Crippen molar-refractivity contribution in [2.75, 3.05) is 20.2 Å². The summed E-state index contributed by atoms with van der Waals surface area (Å²) < 4.78 is 5.27. The smallest absolute Gasteiger partial charge is 0.221 e. The Morgan fingerprint density at radius 3 is 2.52 bits per heavy atom. The Bertz CT molecular complexity index is 685. The summed E-state index contributed by atoms with van der Waals surface area (Å²) in [6.45, 7) is 3.91. The molecule has 2 aromatic rings. The molecule has 1 saturated heterocycles. The molecule has 3 rings (SSSR count). The number of benzene rings is 2. The predicted molar refractivity (Wildman–Crippen MR) is 99.5 cm³/mol. The van der Waals surface area contributed by atoms with Crippen molar-refractivity contribution in [3.8, 4) is 5.75 Å². The van der Waals surface area contributed by atoms with Gasteiger partial charge in [-0.05, 0) is 36.6 Å². The molecule has 0 bridgehead atoms. The van der Waals surface area contributed by atoms with Crippen LogP contribution in [0.3, 0.4) is 0 Å². The summed E-state index contributed by atoms with van der Waals surface area (Å²) in [5.41, 5.74) is 2.43. The van der Waals surface area contributed by atoms with Gasteiger partial charge in [0.25, 0.3) is 0 Å². The molecule has 0 aliphatic carbocycles. The number of hydrogen-bond donors (Lipinski definition) is 1. The lowest BCUT2D eigenvalue weighted by molar-refractivity contribution is -0.123. The molecule has 1 N–H and O–H groups in total. The maximum atomic E-state index is 12.3. The highest BCUT2D eigenvalue weighted by atomic mass is 16.5. The van der Waals surface area contributed by atoms with Crippen LogP contribution in [-0.4, -0.2) is 31.0 Å². The van der Waals surface area contributed by atoms with Gasteiger partial charge >= 0.3 is 0 Å². The molecule has 1 aliphatic rings. The third-order valence-electron chi connectivity index (χ3n) is 4.97. The lowest BCUT2D eigenvalue weighted by Crippen LogP contribution is -2.40. The van der Waals surface area contributed by atoms with Crippen LogP contribution in [-0.2, 0) is 4.79 Å². The zero-order chi connectivity index (χ0) is 17.6. The summed E-state index contributed by atoms with van der Waals surface area (Å²) in [6, 6.07) is 18.9. The molecular weight excluding hydrogens is 312 g/mol. The second kappa shape index (κ2) is 8.17. The lowest BCUT2D eigenvalue weighted by Gasteiger charge is -2.38. The fourth-order valence-corrected chi connectivity index (χ4v) is 3.53. The average Bonchev–Trinajstić information content (AvgIpc) is 2.65. The van der Waals surface area contributed by atoms with E-state index in [9.17, 15) is 4.79 Å². The van der Waals surface area contributed by atoms with E-state index < -0.39 is 0 Å². The van der Waals surface area contributed by atoms with Crippen molar-refractivity contribution in [2.24, 2.45) is 0 Å². The Hall–Kier alpha value is -2.33. The van der Waals surface area contributed by atoms with Crippen LogP contribution in [0.4, 0.5) is 0 Å². The van der Waals surface area contributed by atoms with E-state index in [0.29, 0.717) is 6.42 Å². The van der Waals surface area contributed by atoms with E-state index in [1.807, 2.05) is 30.3 Å². The topological polar surface area (TPSA) is 41.6 Å². The first kappa shape index (κ1) is 17.5. The third-order valence-corrected chi connectivity index (χ3v) is 4.97. The Kier molecular flexibility index (Phi) is 5.71. The molecule has 2 aromatic carbocycles. The van der Waals surface area contributed by atoms with Crippen molar-refractivity contribution in [3.63, 3.8) is 0 Å². The quantitative estimate of drug-likeness (QED) is 0.924. The maximum absolute atomic E-state index is 12.3. The van der Waals surface area contributed by atoms with Gasteiger partial charge in [-0.3, -0.25) is 9.69 Å². The Labute approximate surface area is 149 Å². The highest BCUT2D eigenvalue weighted by Gasteiger charge is 2.29. The van der Waals surface area contributed by atoms with Gasteiger partial charge in [0, 0.05) is 31.6 Å². The number of nitrogens with zero attached hydrogens (tertiary/aromatic N) is 1. The molecule has 0 radical (unpaired) electrons. The molecule has 1 amide bonds. The van der Waals surface area contributed by atoms with E-state index in [1.54, 1.807) is 7.11 Å². The summed E-state index contributed by atoms with van der Waals surface area (Å²) in [7, 11) is 1.68. The molecule has 0 saturated carbocycles. The van der Waals surface area contributed by atoms with Gasteiger partial charge in [0.15, 0.2) is 0 Å². The van der Waals surface area contributed by atoms with Crippen LogP contribution in [0.5, 0.6) is 5.75 Å². The van der Waals surface area contributed by atoms with Gasteiger partial charge in [-0.1, -0.05) is 42.5 Å². The monoisotopic (exact) mass is 338 g/mol. The van der Waals surface area contributed by atoms with Crippen LogP contribution in [0.2, 0.25) is 0 Å². The molecule has 0 aromatic heterocycles. The fourth-order valence-electron chi connectivity index (χ4n) is 3.53. The van der Waals surface area contributed by atoms with Crippen LogP contribution < -0.4 is 10.1 Å². The van der Waals surface area contributed by atoms with Crippen LogP contribution in [0.1, 0.15) is 43.0 Å². The zero-order valence-electron chi connectivity index (χ0n) is 14.9. The molecule has 132 valence electrons. The summed E-state index contributed by atoms with van der Waals surface area (Å²) in [4.78, 5) is 14.7. The summed E-state index contributed by atoms with van der Waals surface area (Å²) in [5.74, 6) is 0.989. The molecule has 25 heavy (non-hydrogen) atoms. The van der Waals surface area contributed by atoms with Gasteiger partial charge in [-0.2, -0.15) is 0 Å². The van der Waals surface area contributed by atoms with Gasteiger partial charge in [-0.25, -0.2) is 0 Å². The summed E-state index contributed by atoms with van der Waals surface area (Å²) in [5, 5.41) is 3.02. The molecular formula is C21H26N2O2. The zero-order valence-corrected chi connectivity index (χ0v) is 14.9. The standard InChI is InChI=1S/C21H26N2O2/c1-16(17-9-11-19(25-2)12-10-17)23-14-6-13-22-21(24)15-20(23)18-7-4-3-5-8-18/h3-5,7-12,16,20H,6,13-15H2,1-2H3,(H,22,24)/t16-,20+/m1/s1. The van der Waals surface area contributed by atoms with Gasteiger partial charge in [-0.15, -0.1) is 0 Å². The number of ether oxygens (including phenoxy) is 1. The second-order valence-corrected chi connectivity index (χ2v) is 6.52. The SMILES string of the molecule is COc1ccc([C@@H](C)N2CCCNC(=O)C[C@H]2c2ccccc2)cc1. The number of nitrogens with one attached hydrogen (secondary N) is 1. The molecule has 0 spiro atoms. The number of carbonyl (C=O) groups is 1. The minimum Gasteiger partial charge on any atom is -0.497 e. The van der Waals surface area contributed by atoms with Gasteiger partial charge in [0.2, 0.25) is 5.91 Å². The molecule has 1 heterocycles. The predicted octanol–water partition coefficient (Wildman–Crippen LogP) is 3.71. The van der Waals surface area contributed by atoms with Crippen LogP contribution in [0, 0.1) is 0 Å². The number of carbonyl (C=O) groups excluding carboxylic acids is 1. The Balaban J connectivity index is 1.91. The van der Waals surface area contributed by atoms with E-state index in [1.165, 1.54) is 11.1 Å². The van der Waals surface area contributed by atoms with Crippen molar-refractivity contribution in [1.29, 1.82) is 0 Å². The first-order chi connectivity index (χ1) is 12.2. The molecule has 0 unspecified atom stereocenters. The van der Waals surface area contributed by atoms with E-state index >= 15 is 0 Å². The number of amides is 1. The Morgan fingerprint density at radius 2 is 1.84 bits per heavy atom. The normalized spacial score (nSPS) is 20.2. The molecule has 1 aliphatic heterocycles. The first-order valence-electron chi connectivity index (χ1n) is 8.90. The summed E-state index contributed by atoms with van der Waals surface area (Å²) in [6.07, 6.45) is 1.44. The van der Waals surface area contributed by atoms with Crippen molar-refractivity contribution in [1.82, 2.24) is 10.2 Å². The van der Waals surface area contributed by atoms with Crippen LogP contribution in [0.15, 0.2) is 54.6 Å². The van der Waals surface area contributed by atoms with E-state index in [4.69, 9.17) is 4.74 Å². The minimum atomic E-state index is 0.0820. The van der Waals surface area contributed by atoms with Gasteiger partial charge < -0.3 is 10.1 Å². The highest BCUT2D eigenvalue weighted by molar-refractivity contribution is 5.76. The summed E-state index contributed by atoms with van der Waals surface area (Å²) >= 11 is 0. The molecule has 1 fully saturated rings. The van der Waals surface area contributed by atoms with Crippen molar-refractivity contribution in [3.05, 3.63) is 65.7 Å². The molecule has 4 nitrogen and oxygen atoms in total. The third kappa shape index (κ3) is 4.20. The lowest BCUT2D eigenvalue weighted by atomic mass is 9.96. The van der Waals surface area contributed by atoms with E-state index in [2.05, 4.69) is 41.4 Å². The molecule has 2 atom stereocenters. The van der Waals surface area contributed by atoms with Crippen molar-refractivity contribution >= 4 is 5.91 Å². The second-order valence-electron chi connectivity index (χ2n) is 6.52. The van der Waals surface area contributed by atoms with Gasteiger partial charge in [0.05, 0.1) is 7.11 Å². The van der Waals surface area contributed by atoms with E-state index in [-0.39, 0.29) is 18.0 Å². The first-order valence-corrected chi connectivity index (χ1v) is 8.90. The fraction of sp³-hybridized carbons (Fsp3) is 0.381. The Morgan fingerprint density at radius 1 is 1.12 bits per heavy atom. The number of hydrogen-bond acceptors (Lipinski definition) is 3. The van der Waals surface area contributed by atoms with Gasteiger partial charge in [0.1, 0.15) is 5.75 Å². The number of methoxy groups -OCH3 is 1. The van der Waals surface area contributed by atoms with Crippen molar-refractivity contribution < 1.29 is 9.53 Å². The average molecular weight is 338 g/mol. The minimum absolute atomic E-state index is 0.0820. The van der Waals surface area contributed by atoms with Crippen LogP contribution >= 0.6 is 0 Å². The highest BCUT2D eigenvalue weighted by Crippen LogP contribution is 2.34. The molecule has 4 heteroatoms. The van der Waals surface area contributed by atoms with Crippen LogP contribution in [0.25, 0.3) is 0 Å². The van der Waals surface area contributed by atoms with E-state index in [0.717, 1.165) is 25.3 Å². The largest absolute Gasteiger partial charge is 0.497 e. The maximum Gasteiger partial charge on any atom is 0.221 e. The van der Waals surface area contributed by atoms with Crippen molar-refractivity contribution in [2.45, 2.75) is 31.8 Å².